The van der Waals surface area contributed by atoms with Gasteiger partial charge in [0.25, 0.3) is 0 Å². The van der Waals surface area contributed by atoms with Gasteiger partial charge in [0.05, 0.1) is 5.56 Å². The van der Waals surface area contributed by atoms with Gasteiger partial charge in [-0.3, -0.25) is 4.79 Å². The van der Waals surface area contributed by atoms with Crippen LogP contribution in [0.4, 0.5) is 32.4 Å². The van der Waals surface area contributed by atoms with E-state index in [1.54, 1.807) is 9.80 Å². The van der Waals surface area contributed by atoms with Gasteiger partial charge >= 0.3 is 12.2 Å². The first-order valence-corrected chi connectivity index (χ1v) is 11.5. The third-order valence-electron chi connectivity index (χ3n) is 6.98. The normalized spacial score (nSPS) is 17.6. The topological polar surface area (TPSA) is 52.7 Å². The zero-order valence-electron chi connectivity index (χ0n) is 19.0. The Kier molecular flexibility index (Phi) is 7.00. The van der Waals surface area contributed by atoms with Crippen molar-refractivity contribution in [2.75, 3.05) is 31.5 Å². The summed E-state index contributed by atoms with van der Waals surface area (Å²) in [4.78, 5) is 28.7. The zero-order chi connectivity index (χ0) is 25.2. The minimum atomic E-state index is -4.43. The van der Waals surface area contributed by atoms with Crippen LogP contribution in [0.3, 0.4) is 0 Å². The van der Waals surface area contributed by atoms with E-state index in [2.05, 4.69) is 5.32 Å². The van der Waals surface area contributed by atoms with E-state index < -0.39 is 23.4 Å². The fraction of sp³-hybridized carbons (Fsp3) is 0.440. The summed E-state index contributed by atoms with van der Waals surface area (Å²) in [5, 5.41) is 2.66. The van der Waals surface area contributed by atoms with Gasteiger partial charge in [-0.25, -0.2) is 13.6 Å². The summed E-state index contributed by atoms with van der Waals surface area (Å²) in [6, 6.07) is 7.61. The van der Waals surface area contributed by atoms with Crippen molar-refractivity contribution in [2.45, 2.75) is 38.3 Å². The molecule has 5 nitrogen and oxygen atoms in total. The molecule has 0 bridgehead atoms. The molecule has 2 aliphatic heterocycles. The van der Waals surface area contributed by atoms with E-state index in [9.17, 15) is 31.5 Å². The first kappa shape index (κ1) is 24.9. The van der Waals surface area contributed by atoms with Crippen LogP contribution in [0.15, 0.2) is 42.5 Å². The summed E-state index contributed by atoms with van der Waals surface area (Å²) in [6.07, 6.45) is -1.61. The summed E-state index contributed by atoms with van der Waals surface area (Å²) >= 11 is 0. The second-order valence-corrected chi connectivity index (χ2v) is 9.31. The van der Waals surface area contributed by atoms with Crippen molar-refractivity contribution < 1.29 is 31.5 Å². The standard InChI is InChI=1S/C25H26F5N3O2/c26-20-7-1-17(15-21(20)27)2-8-22(34)32-12-9-24(10-13-32)11-14-33(16-24)23(35)31-19-5-3-18(4-6-19)25(28,29)30/h1,3-7,15H,2,8-14,16H2,(H,31,35). The number of aryl methyl sites for hydroxylation is 1. The minimum Gasteiger partial charge on any atom is -0.343 e. The predicted octanol–water partition coefficient (Wildman–Crippen LogP) is 5.46. The lowest BCUT2D eigenvalue weighted by Crippen LogP contribution is -2.45. The number of carbonyl (C=O) groups is 2. The Labute approximate surface area is 199 Å². The number of halogens is 5. The van der Waals surface area contributed by atoms with Gasteiger partial charge in [0.15, 0.2) is 11.6 Å². The van der Waals surface area contributed by atoms with Crippen molar-refractivity contribution in [3.8, 4) is 0 Å². The van der Waals surface area contributed by atoms with Crippen LogP contribution in [0.1, 0.15) is 36.8 Å². The number of hydrogen-bond acceptors (Lipinski definition) is 2. The Balaban J connectivity index is 1.24. The Bertz CT molecular complexity index is 1080. The Hall–Kier alpha value is -3.17. The summed E-state index contributed by atoms with van der Waals surface area (Å²) in [6.45, 7) is 2.18. The number of alkyl halides is 3. The maximum absolute atomic E-state index is 13.4. The third-order valence-corrected chi connectivity index (χ3v) is 6.98. The molecule has 1 N–H and O–H groups in total. The van der Waals surface area contributed by atoms with E-state index in [0.29, 0.717) is 43.9 Å². The van der Waals surface area contributed by atoms with Crippen molar-refractivity contribution >= 4 is 17.6 Å². The van der Waals surface area contributed by atoms with E-state index in [-0.39, 0.29) is 23.8 Å². The number of amides is 3. The number of carbonyl (C=O) groups excluding carboxylic acids is 2. The van der Waals surface area contributed by atoms with E-state index in [1.165, 1.54) is 18.2 Å². The lowest BCUT2D eigenvalue weighted by atomic mass is 9.77. The van der Waals surface area contributed by atoms with Crippen molar-refractivity contribution in [2.24, 2.45) is 5.41 Å². The molecule has 0 saturated carbocycles. The maximum Gasteiger partial charge on any atom is 0.416 e. The fourth-order valence-corrected chi connectivity index (χ4v) is 4.80. The van der Waals surface area contributed by atoms with Gasteiger partial charge in [0.2, 0.25) is 5.91 Å². The van der Waals surface area contributed by atoms with Crippen LogP contribution in [-0.2, 0) is 17.4 Å². The molecule has 3 amide bonds. The number of hydrogen-bond donors (Lipinski definition) is 1. The van der Waals surface area contributed by atoms with Gasteiger partial charge in [-0.1, -0.05) is 6.07 Å². The van der Waals surface area contributed by atoms with Gasteiger partial charge in [0, 0.05) is 38.3 Å². The van der Waals surface area contributed by atoms with Crippen molar-refractivity contribution in [1.82, 2.24) is 9.80 Å². The molecule has 2 aromatic rings. The minimum absolute atomic E-state index is 0.0421. The third kappa shape index (κ3) is 5.91. The smallest absolute Gasteiger partial charge is 0.343 e. The largest absolute Gasteiger partial charge is 0.416 e. The van der Waals surface area contributed by atoms with Crippen LogP contribution >= 0.6 is 0 Å². The second kappa shape index (κ2) is 9.83. The molecule has 2 saturated heterocycles. The number of rotatable bonds is 4. The molecule has 10 heteroatoms. The quantitative estimate of drug-likeness (QED) is 0.573. The highest BCUT2D eigenvalue weighted by molar-refractivity contribution is 5.89. The van der Waals surface area contributed by atoms with Crippen LogP contribution in [0, 0.1) is 17.0 Å². The Morgan fingerprint density at radius 1 is 0.886 bits per heavy atom. The predicted molar refractivity (Wildman–Crippen MR) is 120 cm³/mol. The van der Waals surface area contributed by atoms with Gasteiger partial charge < -0.3 is 15.1 Å². The number of anilines is 1. The Morgan fingerprint density at radius 3 is 2.11 bits per heavy atom. The van der Waals surface area contributed by atoms with Gasteiger partial charge in [0.1, 0.15) is 0 Å². The first-order valence-electron chi connectivity index (χ1n) is 11.5. The van der Waals surface area contributed by atoms with E-state index in [0.717, 1.165) is 43.5 Å². The molecule has 2 aromatic carbocycles. The SMILES string of the molecule is O=C(CCc1ccc(F)c(F)c1)N1CCC2(CC1)CCN(C(=O)Nc1ccc(C(F)(F)F)cc1)C2. The van der Waals surface area contributed by atoms with E-state index in [4.69, 9.17) is 0 Å². The molecule has 2 aliphatic rings. The highest BCUT2D eigenvalue weighted by Gasteiger charge is 2.42. The maximum atomic E-state index is 13.4. The van der Waals surface area contributed by atoms with Crippen LogP contribution in [0.2, 0.25) is 0 Å². The molecule has 2 fully saturated rings. The van der Waals surface area contributed by atoms with Crippen LogP contribution in [-0.4, -0.2) is 47.9 Å². The van der Waals surface area contributed by atoms with Gasteiger partial charge in [-0.15, -0.1) is 0 Å². The van der Waals surface area contributed by atoms with Crippen LogP contribution < -0.4 is 5.32 Å². The molecule has 0 aliphatic carbocycles. The summed E-state index contributed by atoms with van der Waals surface area (Å²) in [5.41, 5.74) is -0.00247. The molecule has 4 rings (SSSR count). The van der Waals surface area contributed by atoms with Gasteiger partial charge in [-0.2, -0.15) is 13.2 Å². The fourth-order valence-electron chi connectivity index (χ4n) is 4.80. The monoisotopic (exact) mass is 495 g/mol. The van der Waals surface area contributed by atoms with Gasteiger partial charge in [-0.05, 0) is 73.1 Å². The summed E-state index contributed by atoms with van der Waals surface area (Å²) < 4.78 is 64.5. The molecule has 1 spiro atoms. The van der Waals surface area contributed by atoms with Crippen molar-refractivity contribution in [3.63, 3.8) is 0 Å². The molecule has 0 unspecified atom stereocenters. The number of likely N-dealkylation sites (tertiary alicyclic amines) is 2. The van der Waals surface area contributed by atoms with E-state index in [1.807, 2.05) is 0 Å². The van der Waals surface area contributed by atoms with Crippen molar-refractivity contribution in [3.05, 3.63) is 65.2 Å². The second-order valence-electron chi connectivity index (χ2n) is 9.31. The number of nitrogens with one attached hydrogen (secondary N) is 1. The lowest BCUT2D eigenvalue weighted by molar-refractivity contribution is -0.137. The first-order chi connectivity index (χ1) is 16.5. The van der Waals surface area contributed by atoms with E-state index >= 15 is 0 Å². The molecule has 2 heterocycles. The highest BCUT2D eigenvalue weighted by atomic mass is 19.4. The number of piperidine rings is 1. The number of benzene rings is 2. The zero-order valence-corrected chi connectivity index (χ0v) is 19.0. The molecule has 0 atom stereocenters. The number of nitrogens with zero attached hydrogens (tertiary/aromatic N) is 2. The molecule has 35 heavy (non-hydrogen) atoms. The molecule has 0 aromatic heterocycles. The molecular weight excluding hydrogens is 469 g/mol. The van der Waals surface area contributed by atoms with Crippen LogP contribution in [0.5, 0.6) is 0 Å². The highest BCUT2D eigenvalue weighted by Crippen LogP contribution is 2.40. The average Bonchev–Trinajstić information content (AvgIpc) is 3.23. The van der Waals surface area contributed by atoms with Crippen LogP contribution in [0.25, 0.3) is 0 Å². The molecular formula is C25H26F5N3O2. The molecule has 188 valence electrons. The Morgan fingerprint density at radius 2 is 1.51 bits per heavy atom. The molecule has 0 radical (unpaired) electrons. The van der Waals surface area contributed by atoms with Crippen molar-refractivity contribution in [1.29, 1.82) is 0 Å². The number of urea groups is 1. The summed E-state index contributed by atoms with van der Waals surface area (Å²) in [7, 11) is 0. The average molecular weight is 495 g/mol. The summed E-state index contributed by atoms with van der Waals surface area (Å²) in [5.74, 6) is -1.89. The lowest BCUT2D eigenvalue weighted by Gasteiger charge is -2.39.